The molecule has 0 spiro atoms. The summed E-state index contributed by atoms with van der Waals surface area (Å²) in [6, 6.07) is 56.8. The number of halogens is 6. The predicted octanol–water partition coefficient (Wildman–Crippen LogP) is 2.51. The molecule has 6 aromatic carbocycles. The summed E-state index contributed by atoms with van der Waals surface area (Å²) in [4.78, 5) is 0. The van der Waals surface area contributed by atoms with E-state index in [0.29, 0.717) is 12.8 Å². The van der Waals surface area contributed by atoms with E-state index in [9.17, 15) is 16.8 Å². The number of rotatable bonds is 16. The molecule has 6 rings (SSSR count). The molecule has 0 aliphatic heterocycles. The zero-order chi connectivity index (χ0) is 43.6. The van der Waals surface area contributed by atoms with Crippen LogP contribution in [0.4, 0.5) is 0 Å². The standard InChI is InChI=1S/2C22H24N2O2S.6ClH.2Ru/c2*23-21(19-12-6-2-7-13-19)22(20-14-8-3-9-15-20)24-27(25,26)17-16-18-10-4-1-5-11-18;;;;;;;;/h2*1-15,21-22,24H,16-17,23H2;6*1H;;/q;;;;;;;;2*+2/p-4/t2*21-,22-;;;;;;;;/m11......../s1. The first-order chi connectivity index (χ1) is 28.9. The fourth-order valence-corrected chi connectivity index (χ4v) is 8.79. The van der Waals surface area contributed by atoms with Crippen molar-refractivity contribution in [3.05, 3.63) is 215 Å². The molecular weight excluding hydrogens is 1130 g/mol. The Bertz CT molecular complexity index is 2090. The third-order valence-corrected chi connectivity index (χ3v) is 11.9. The molecule has 0 heterocycles. The summed E-state index contributed by atoms with van der Waals surface area (Å²) in [6.07, 6.45) is 0.954. The molecule has 0 saturated carbocycles. The van der Waals surface area contributed by atoms with Gasteiger partial charge in [0.2, 0.25) is 20.0 Å². The Hall–Kier alpha value is -1.95. The van der Waals surface area contributed by atoms with Gasteiger partial charge in [-0.15, -0.1) is 0 Å². The summed E-state index contributed by atoms with van der Waals surface area (Å²) in [6.45, 7) is 0. The van der Waals surface area contributed by atoms with Gasteiger partial charge >= 0.3 is 69.1 Å². The van der Waals surface area contributed by atoms with Gasteiger partial charge in [0.05, 0.1) is 11.5 Å². The number of hydrogen-bond donors (Lipinski definition) is 4. The van der Waals surface area contributed by atoms with Gasteiger partial charge in [0.15, 0.2) is 0 Å². The normalized spacial score (nSPS) is 12.7. The van der Waals surface area contributed by atoms with Crippen molar-refractivity contribution in [2.75, 3.05) is 11.5 Å². The van der Waals surface area contributed by atoms with Crippen molar-refractivity contribution in [3.63, 3.8) is 0 Å². The fourth-order valence-electron chi connectivity index (χ4n) is 6.17. The van der Waals surface area contributed by atoms with Crippen LogP contribution in [0.25, 0.3) is 0 Å². The van der Waals surface area contributed by atoms with E-state index in [1.54, 1.807) is 0 Å². The molecule has 6 aromatic rings. The van der Waals surface area contributed by atoms with E-state index in [1.165, 1.54) is 0 Å². The number of sulfonamides is 2. The van der Waals surface area contributed by atoms with Crippen molar-refractivity contribution in [2.24, 2.45) is 0 Å². The molecule has 0 aromatic heterocycles. The maximum absolute atomic E-state index is 12.8. The van der Waals surface area contributed by atoms with Gasteiger partial charge in [-0.2, -0.15) is 0 Å². The smallest absolute Gasteiger partial charge is 0.212 e. The molecule has 340 valence electrons. The molecular formula is C44H50Cl6N4O4Ru2S2. The van der Waals surface area contributed by atoms with E-state index in [2.05, 4.69) is 20.9 Å². The molecule has 0 fully saturated rings. The van der Waals surface area contributed by atoms with Crippen LogP contribution in [0.1, 0.15) is 57.5 Å². The molecule has 8 N–H and O–H groups in total. The summed E-state index contributed by atoms with van der Waals surface area (Å²) in [7, 11) is 12.5. The van der Waals surface area contributed by atoms with Crippen LogP contribution in [0.2, 0.25) is 0 Å². The van der Waals surface area contributed by atoms with Crippen molar-refractivity contribution in [2.45, 2.75) is 37.0 Å². The van der Waals surface area contributed by atoms with Crippen molar-refractivity contribution < 1.29 is 83.4 Å². The Labute approximate surface area is 411 Å². The molecule has 0 unspecified atom stereocenters. The van der Waals surface area contributed by atoms with Crippen LogP contribution in [0, 0.1) is 0 Å². The second kappa shape index (κ2) is 32.7. The molecule has 0 aliphatic rings. The average molecular weight is 1180 g/mol. The van der Waals surface area contributed by atoms with E-state index in [1.807, 2.05) is 182 Å². The van der Waals surface area contributed by atoms with Crippen LogP contribution in [0.15, 0.2) is 182 Å². The average Bonchev–Trinajstić information content (AvgIpc) is 3.28. The third-order valence-electron chi connectivity index (χ3n) is 9.20. The third kappa shape index (κ3) is 22.3. The van der Waals surface area contributed by atoms with Crippen LogP contribution >= 0.6 is 38.8 Å². The Balaban J connectivity index is 0.000000535. The summed E-state index contributed by atoms with van der Waals surface area (Å²) < 4.78 is 56.9. The van der Waals surface area contributed by atoms with Gasteiger partial charge in [0, 0.05) is 11.1 Å². The maximum Gasteiger partial charge on any atom is 0.212 e. The summed E-state index contributed by atoms with van der Waals surface area (Å²) in [5.74, 6) is 0.0870. The SMILES string of the molecule is [Cl-].[Cl-].[Cl][Ru][Cl].[Cl][Ru][Cl].[NH3+][C@H](c1ccccc1)[C@H](NS(=O)(=O)CCc1ccccc1)c1ccccc1.[NH3+][C@H](c1ccccc1)[C@H](NS(=O)(=O)CCc1ccccc1)c1ccccc1. The van der Waals surface area contributed by atoms with Crippen molar-refractivity contribution in [1.29, 1.82) is 0 Å². The second-order valence-electron chi connectivity index (χ2n) is 13.3. The molecule has 0 bridgehead atoms. The maximum atomic E-state index is 12.8. The Morgan fingerprint density at radius 2 is 0.613 bits per heavy atom. The zero-order valence-electron chi connectivity index (χ0n) is 33.3. The number of aryl methyl sites for hydroxylation is 2. The van der Waals surface area contributed by atoms with Crippen molar-refractivity contribution in [3.8, 4) is 0 Å². The topological polar surface area (TPSA) is 148 Å². The van der Waals surface area contributed by atoms with Gasteiger partial charge in [-0.05, 0) is 35.1 Å². The Morgan fingerprint density at radius 1 is 0.403 bits per heavy atom. The van der Waals surface area contributed by atoms with Crippen LogP contribution in [-0.4, -0.2) is 28.3 Å². The van der Waals surface area contributed by atoms with Crippen molar-refractivity contribution >= 4 is 58.8 Å². The van der Waals surface area contributed by atoms with Gasteiger partial charge in [0.25, 0.3) is 0 Å². The largest absolute Gasteiger partial charge is 0.350 e. The molecule has 18 heteroatoms. The first kappa shape index (κ1) is 58.1. The van der Waals surface area contributed by atoms with Gasteiger partial charge in [-0.3, -0.25) is 0 Å². The number of nitrogens with one attached hydrogen (secondary N) is 2. The zero-order valence-corrected chi connectivity index (χ0v) is 42.9. The van der Waals surface area contributed by atoms with Crippen LogP contribution in [0.3, 0.4) is 0 Å². The number of quaternary nitrogens is 2. The number of hydrogen-bond acceptors (Lipinski definition) is 4. The summed E-state index contributed by atoms with van der Waals surface area (Å²) in [5.41, 5.74) is 14.3. The van der Waals surface area contributed by atoms with Gasteiger partial charge in [-0.1, -0.05) is 182 Å². The molecule has 0 amide bonds. The minimum atomic E-state index is -3.47. The van der Waals surface area contributed by atoms with Gasteiger partial charge < -0.3 is 36.3 Å². The van der Waals surface area contributed by atoms with E-state index in [4.69, 9.17) is 38.8 Å². The first-order valence-electron chi connectivity index (χ1n) is 18.6. The molecule has 62 heavy (non-hydrogen) atoms. The monoisotopic (exact) mass is 1180 g/mol. The van der Waals surface area contributed by atoms with Crippen LogP contribution < -0.4 is 45.7 Å². The predicted molar refractivity (Wildman–Crippen MR) is 240 cm³/mol. The van der Waals surface area contributed by atoms with Gasteiger partial charge in [-0.25, -0.2) is 26.3 Å². The molecule has 0 saturated heterocycles. The van der Waals surface area contributed by atoms with E-state index < -0.39 is 32.1 Å². The van der Waals surface area contributed by atoms with E-state index in [0.717, 1.165) is 33.4 Å². The Morgan fingerprint density at radius 3 is 0.855 bits per heavy atom. The van der Waals surface area contributed by atoms with Gasteiger partial charge in [0.1, 0.15) is 24.2 Å². The summed E-state index contributed by atoms with van der Waals surface area (Å²) in [5, 5.41) is 0. The van der Waals surface area contributed by atoms with Crippen LogP contribution in [0.5, 0.6) is 0 Å². The molecule has 8 nitrogen and oxygen atoms in total. The molecule has 0 radical (unpaired) electrons. The molecule has 4 atom stereocenters. The van der Waals surface area contributed by atoms with Crippen LogP contribution in [-0.2, 0) is 63.2 Å². The minimum absolute atomic E-state index is 0. The molecule has 0 aliphatic carbocycles. The summed E-state index contributed by atoms with van der Waals surface area (Å²) >= 11 is -0.691. The first-order valence-corrected chi connectivity index (χ1v) is 30.8. The second-order valence-corrected chi connectivity index (χ2v) is 22.3. The minimum Gasteiger partial charge on any atom is -0.350 e. The number of benzene rings is 6. The Kier molecular flexibility index (Phi) is 30.6. The van der Waals surface area contributed by atoms with Crippen molar-refractivity contribution in [1.82, 2.24) is 9.44 Å². The van der Waals surface area contributed by atoms with E-state index in [-0.39, 0.29) is 78.7 Å². The quantitative estimate of drug-likeness (QED) is 0.111. The fraction of sp³-hybridized carbons (Fsp3) is 0.182. The van der Waals surface area contributed by atoms with E-state index >= 15 is 0 Å².